The van der Waals surface area contributed by atoms with Crippen molar-refractivity contribution < 1.29 is 9.18 Å². The minimum Gasteiger partial charge on any atom is -0.333 e. The van der Waals surface area contributed by atoms with E-state index in [4.69, 9.17) is 16.6 Å². The Morgan fingerprint density at radius 3 is 2.52 bits per heavy atom. The molecule has 0 aliphatic rings. The Labute approximate surface area is 186 Å². The van der Waals surface area contributed by atoms with Crippen LogP contribution in [0.25, 0.3) is 16.6 Å². The van der Waals surface area contributed by atoms with Crippen LogP contribution in [0.4, 0.5) is 4.39 Å². The molecule has 2 aromatic carbocycles. The second kappa shape index (κ2) is 10.5. The van der Waals surface area contributed by atoms with E-state index < -0.39 is 6.04 Å². The molecule has 1 aromatic heterocycles. The van der Waals surface area contributed by atoms with Crippen LogP contribution in [0, 0.1) is 5.82 Å². The third-order valence-corrected chi connectivity index (χ3v) is 5.52. The maximum absolute atomic E-state index is 13.6. The van der Waals surface area contributed by atoms with E-state index in [2.05, 4.69) is 0 Å². The van der Waals surface area contributed by atoms with Gasteiger partial charge in [0.25, 0.3) is 5.56 Å². The third kappa shape index (κ3) is 4.96. The Kier molecular flexibility index (Phi) is 7.80. The molecule has 164 valence electrons. The summed E-state index contributed by atoms with van der Waals surface area (Å²) >= 11 is 5.80. The predicted molar refractivity (Wildman–Crippen MR) is 122 cm³/mol. The molecule has 7 heteroatoms. The number of benzene rings is 2. The number of carbonyl (C=O) groups excluding carboxylic acids is 1. The molecule has 0 fully saturated rings. The van der Waals surface area contributed by atoms with Crippen molar-refractivity contribution >= 4 is 28.4 Å². The van der Waals surface area contributed by atoms with Gasteiger partial charge < -0.3 is 4.90 Å². The van der Waals surface area contributed by atoms with Gasteiger partial charge in [-0.1, -0.05) is 26.0 Å². The number of para-hydroxylation sites is 1. The summed E-state index contributed by atoms with van der Waals surface area (Å²) in [6.45, 7) is 4.53. The van der Waals surface area contributed by atoms with E-state index in [1.807, 2.05) is 19.9 Å². The highest BCUT2D eigenvalue weighted by molar-refractivity contribution is 6.17. The van der Waals surface area contributed by atoms with Gasteiger partial charge in [-0.05, 0) is 55.7 Å². The molecule has 0 radical (unpaired) electrons. The number of amides is 1. The first-order valence-corrected chi connectivity index (χ1v) is 11.2. The highest BCUT2D eigenvalue weighted by atomic mass is 35.5. The van der Waals surface area contributed by atoms with Crippen LogP contribution in [0.5, 0.6) is 0 Å². The van der Waals surface area contributed by atoms with Gasteiger partial charge in [0.05, 0.1) is 22.6 Å². The van der Waals surface area contributed by atoms with Crippen LogP contribution in [0.15, 0.2) is 53.3 Å². The molecular weight excluding hydrogens is 417 g/mol. The third-order valence-electron chi connectivity index (χ3n) is 5.26. The standard InChI is InChI=1S/C24H27ClFN3O2/c1-3-16-28(22(30)10-7-15-25)21(4-2)23-27-20-9-6-5-8-19(20)24(31)29(23)18-13-11-17(26)12-14-18/h5-6,8-9,11-14,21H,3-4,7,10,15-16H2,1-2H3. The number of hydrogen-bond donors (Lipinski definition) is 0. The maximum Gasteiger partial charge on any atom is 0.266 e. The minimum absolute atomic E-state index is 0.0117. The Morgan fingerprint density at radius 2 is 1.87 bits per heavy atom. The van der Waals surface area contributed by atoms with Crippen molar-refractivity contribution in [2.24, 2.45) is 0 Å². The van der Waals surface area contributed by atoms with Gasteiger partial charge in [-0.3, -0.25) is 14.2 Å². The van der Waals surface area contributed by atoms with Gasteiger partial charge in [-0.2, -0.15) is 0 Å². The van der Waals surface area contributed by atoms with Gasteiger partial charge in [-0.15, -0.1) is 11.6 Å². The summed E-state index contributed by atoms with van der Waals surface area (Å²) < 4.78 is 15.1. The smallest absolute Gasteiger partial charge is 0.266 e. The molecule has 0 bridgehead atoms. The zero-order chi connectivity index (χ0) is 22.4. The fourth-order valence-electron chi connectivity index (χ4n) is 3.81. The molecular formula is C24H27ClFN3O2. The topological polar surface area (TPSA) is 55.2 Å². The maximum atomic E-state index is 13.6. The number of nitrogens with zero attached hydrogens (tertiary/aromatic N) is 3. The summed E-state index contributed by atoms with van der Waals surface area (Å²) in [5.74, 6) is 0.493. The van der Waals surface area contributed by atoms with Crippen molar-refractivity contribution in [1.82, 2.24) is 14.5 Å². The first kappa shape index (κ1) is 22.9. The minimum atomic E-state index is -0.398. The summed E-state index contributed by atoms with van der Waals surface area (Å²) in [4.78, 5) is 33.1. The van der Waals surface area contributed by atoms with Crippen LogP contribution >= 0.6 is 11.6 Å². The molecule has 31 heavy (non-hydrogen) atoms. The van der Waals surface area contributed by atoms with E-state index in [9.17, 15) is 14.0 Å². The van der Waals surface area contributed by atoms with Crippen molar-refractivity contribution in [2.45, 2.75) is 45.6 Å². The average molecular weight is 444 g/mol. The number of alkyl halides is 1. The Hall–Kier alpha value is -2.73. The summed E-state index contributed by atoms with van der Waals surface area (Å²) in [7, 11) is 0. The second-order valence-electron chi connectivity index (χ2n) is 7.41. The number of aromatic nitrogens is 2. The van der Waals surface area contributed by atoms with Gasteiger partial charge in [0.2, 0.25) is 5.91 Å². The largest absolute Gasteiger partial charge is 0.333 e. The molecule has 0 saturated heterocycles. The average Bonchev–Trinajstić information content (AvgIpc) is 2.78. The number of fused-ring (bicyclic) bond motifs is 1. The number of hydrogen-bond acceptors (Lipinski definition) is 3. The van der Waals surface area contributed by atoms with Crippen LogP contribution in [-0.4, -0.2) is 32.8 Å². The fraction of sp³-hybridized carbons (Fsp3) is 0.375. The summed E-state index contributed by atoms with van der Waals surface area (Å²) in [5.41, 5.74) is 0.849. The van der Waals surface area contributed by atoms with Crippen LogP contribution < -0.4 is 5.56 Å². The van der Waals surface area contributed by atoms with E-state index in [1.54, 1.807) is 35.2 Å². The van der Waals surface area contributed by atoms with E-state index in [0.29, 0.717) is 54.1 Å². The van der Waals surface area contributed by atoms with E-state index in [0.717, 1.165) is 6.42 Å². The lowest BCUT2D eigenvalue weighted by atomic mass is 10.1. The van der Waals surface area contributed by atoms with Crippen molar-refractivity contribution in [3.05, 3.63) is 70.5 Å². The zero-order valence-corrected chi connectivity index (χ0v) is 18.6. The molecule has 1 amide bonds. The van der Waals surface area contributed by atoms with Gasteiger partial charge in [0.15, 0.2) is 0 Å². The summed E-state index contributed by atoms with van der Waals surface area (Å²) in [5, 5.41) is 0.473. The highest BCUT2D eigenvalue weighted by Gasteiger charge is 2.28. The first-order chi connectivity index (χ1) is 15.0. The van der Waals surface area contributed by atoms with Crippen molar-refractivity contribution in [3.8, 4) is 5.69 Å². The molecule has 1 atom stereocenters. The second-order valence-corrected chi connectivity index (χ2v) is 7.79. The van der Waals surface area contributed by atoms with Gasteiger partial charge in [0.1, 0.15) is 11.6 Å². The van der Waals surface area contributed by atoms with Crippen molar-refractivity contribution in [3.63, 3.8) is 0 Å². The molecule has 0 N–H and O–H groups in total. The summed E-state index contributed by atoms with van der Waals surface area (Å²) in [6, 6.07) is 12.5. The van der Waals surface area contributed by atoms with E-state index >= 15 is 0 Å². The van der Waals surface area contributed by atoms with E-state index in [1.165, 1.54) is 16.7 Å². The fourth-order valence-corrected chi connectivity index (χ4v) is 3.95. The molecule has 5 nitrogen and oxygen atoms in total. The summed E-state index contributed by atoms with van der Waals surface area (Å²) in [6.07, 6.45) is 2.29. The van der Waals surface area contributed by atoms with Crippen LogP contribution in [0.3, 0.4) is 0 Å². The number of carbonyl (C=O) groups is 1. The lowest BCUT2D eigenvalue weighted by molar-refractivity contribution is -0.134. The van der Waals surface area contributed by atoms with Gasteiger partial charge in [0, 0.05) is 18.8 Å². The highest BCUT2D eigenvalue weighted by Crippen LogP contribution is 2.27. The monoisotopic (exact) mass is 443 g/mol. The Balaban J connectivity index is 2.24. The van der Waals surface area contributed by atoms with Gasteiger partial charge in [-0.25, -0.2) is 9.37 Å². The molecule has 0 aliphatic heterocycles. The molecule has 1 heterocycles. The van der Waals surface area contributed by atoms with Crippen LogP contribution in [-0.2, 0) is 4.79 Å². The Morgan fingerprint density at radius 1 is 1.16 bits per heavy atom. The number of rotatable bonds is 9. The normalized spacial score (nSPS) is 12.1. The van der Waals surface area contributed by atoms with E-state index in [-0.39, 0.29) is 17.3 Å². The molecule has 0 aliphatic carbocycles. The molecule has 0 spiro atoms. The predicted octanol–water partition coefficient (Wildman–Crippen LogP) is 5.23. The van der Waals surface area contributed by atoms with Crippen LogP contribution in [0.2, 0.25) is 0 Å². The molecule has 1 unspecified atom stereocenters. The van der Waals surface area contributed by atoms with Crippen LogP contribution in [0.1, 0.15) is 51.4 Å². The lowest BCUT2D eigenvalue weighted by Gasteiger charge is -2.32. The molecule has 3 aromatic rings. The first-order valence-electron chi connectivity index (χ1n) is 10.6. The Bertz CT molecular complexity index is 1100. The van der Waals surface area contributed by atoms with Crippen molar-refractivity contribution in [1.29, 1.82) is 0 Å². The SMILES string of the molecule is CCCN(C(=O)CCCCl)C(CC)c1nc2ccccc2c(=O)n1-c1ccc(F)cc1. The molecule has 0 saturated carbocycles. The number of halogens is 2. The van der Waals surface area contributed by atoms with Crippen molar-refractivity contribution in [2.75, 3.05) is 12.4 Å². The zero-order valence-electron chi connectivity index (χ0n) is 17.9. The van der Waals surface area contributed by atoms with Gasteiger partial charge >= 0.3 is 0 Å². The molecule has 3 rings (SSSR count). The quantitative estimate of drug-likeness (QED) is 0.425. The lowest BCUT2D eigenvalue weighted by Crippen LogP contribution is -2.39.